The fourth-order valence-corrected chi connectivity index (χ4v) is 3.09. The van der Waals surface area contributed by atoms with Crippen LogP contribution in [0, 0.1) is 6.92 Å². The summed E-state index contributed by atoms with van der Waals surface area (Å²) >= 11 is 0. The molecule has 0 bridgehead atoms. The van der Waals surface area contributed by atoms with Crippen LogP contribution in [-0.2, 0) is 10.2 Å². The molecular formula is C16H21N3O4. The third kappa shape index (κ3) is 3.14. The Balaban J connectivity index is 1.73. The molecule has 1 saturated heterocycles. The summed E-state index contributed by atoms with van der Waals surface area (Å²) in [5.74, 6) is 1.59. The van der Waals surface area contributed by atoms with E-state index in [1.165, 1.54) is 6.26 Å². The summed E-state index contributed by atoms with van der Waals surface area (Å²) in [6, 6.07) is 3.42. The molecule has 0 spiro atoms. The third-order valence-corrected chi connectivity index (χ3v) is 4.53. The molecule has 1 amide bonds. The molecule has 7 nitrogen and oxygen atoms in total. The topological polar surface area (TPSA) is 81.6 Å². The van der Waals surface area contributed by atoms with Crippen molar-refractivity contribution in [2.45, 2.75) is 31.6 Å². The maximum Gasteiger partial charge on any atom is 0.289 e. The van der Waals surface area contributed by atoms with Crippen LogP contribution in [0.2, 0.25) is 0 Å². The predicted octanol–water partition coefficient (Wildman–Crippen LogP) is 2.18. The van der Waals surface area contributed by atoms with Gasteiger partial charge in [-0.2, -0.15) is 4.98 Å². The van der Waals surface area contributed by atoms with Gasteiger partial charge in [0.05, 0.1) is 6.26 Å². The first-order valence-corrected chi connectivity index (χ1v) is 7.77. The normalized spacial score (nSPS) is 17.4. The zero-order chi connectivity index (χ0) is 16.3. The first-order valence-electron chi connectivity index (χ1n) is 7.77. The van der Waals surface area contributed by atoms with Crippen LogP contribution in [0.5, 0.6) is 0 Å². The molecule has 23 heavy (non-hydrogen) atoms. The van der Waals surface area contributed by atoms with Crippen molar-refractivity contribution in [3.8, 4) is 0 Å². The van der Waals surface area contributed by atoms with Gasteiger partial charge in [0.2, 0.25) is 5.89 Å². The Morgan fingerprint density at radius 2 is 2.22 bits per heavy atom. The van der Waals surface area contributed by atoms with Crippen molar-refractivity contribution in [1.29, 1.82) is 0 Å². The lowest BCUT2D eigenvalue weighted by Crippen LogP contribution is -2.46. The van der Waals surface area contributed by atoms with E-state index in [-0.39, 0.29) is 11.3 Å². The Morgan fingerprint density at radius 3 is 2.78 bits per heavy atom. The molecule has 0 atom stereocenters. The molecule has 0 radical (unpaired) electrons. The average molecular weight is 319 g/mol. The average Bonchev–Trinajstić information content (AvgIpc) is 3.24. The summed E-state index contributed by atoms with van der Waals surface area (Å²) in [5, 5.41) is 4.12. The Hall–Kier alpha value is -2.15. The van der Waals surface area contributed by atoms with Crippen LogP contribution in [0.3, 0.4) is 0 Å². The summed E-state index contributed by atoms with van der Waals surface area (Å²) in [4.78, 5) is 18.6. The van der Waals surface area contributed by atoms with E-state index in [0.717, 1.165) is 25.1 Å². The number of aromatic nitrogens is 2. The standard InChI is InChI=1S/C16H21N3O4/c1-12-17-15(18-23-12)16(7-11-21-2)5-8-19(9-6-16)14(20)13-4-3-10-22-13/h3-4,10H,5-9,11H2,1-2H3. The second kappa shape index (κ2) is 6.54. The second-order valence-corrected chi connectivity index (χ2v) is 5.93. The number of nitrogens with zero attached hydrogens (tertiary/aromatic N) is 3. The van der Waals surface area contributed by atoms with Gasteiger partial charge < -0.3 is 18.6 Å². The van der Waals surface area contributed by atoms with Gasteiger partial charge in [0.25, 0.3) is 5.91 Å². The smallest absolute Gasteiger partial charge is 0.289 e. The van der Waals surface area contributed by atoms with Crippen LogP contribution in [-0.4, -0.2) is 47.8 Å². The number of furan rings is 1. The quantitative estimate of drug-likeness (QED) is 0.840. The lowest BCUT2D eigenvalue weighted by molar-refractivity contribution is 0.0586. The van der Waals surface area contributed by atoms with Crippen molar-refractivity contribution in [2.75, 3.05) is 26.8 Å². The SMILES string of the molecule is COCCC1(c2noc(C)n2)CCN(C(=O)c2ccco2)CC1. The van der Waals surface area contributed by atoms with Crippen LogP contribution in [0.25, 0.3) is 0 Å². The predicted molar refractivity (Wildman–Crippen MR) is 81.1 cm³/mol. The van der Waals surface area contributed by atoms with Crippen LogP contribution < -0.4 is 0 Å². The molecule has 0 N–H and O–H groups in total. The van der Waals surface area contributed by atoms with E-state index in [4.69, 9.17) is 13.7 Å². The molecule has 0 unspecified atom stereocenters. The number of likely N-dealkylation sites (tertiary alicyclic amines) is 1. The highest BCUT2D eigenvalue weighted by Gasteiger charge is 2.41. The Morgan fingerprint density at radius 1 is 1.43 bits per heavy atom. The van der Waals surface area contributed by atoms with Gasteiger partial charge in [0, 0.05) is 39.1 Å². The highest BCUT2D eigenvalue weighted by atomic mass is 16.5. The monoisotopic (exact) mass is 319 g/mol. The van der Waals surface area contributed by atoms with Crippen molar-refractivity contribution in [1.82, 2.24) is 15.0 Å². The summed E-state index contributed by atoms with van der Waals surface area (Å²) in [6.45, 7) is 3.68. The summed E-state index contributed by atoms with van der Waals surface area (Å²) < 4.78 is 15.6. The molecule has 7 heteroatoms. The summed E-state index contributed by atoms with van der Waals surface area (Å²) in [6.07, 6.45) is 3.89. The zero-order valence-corrected chi connectivity index (χ0v) is 13.4. The minimum atomic E-state index is -0.201. The van der Waals surface area contributed by atoms with E-state index in [0.29, 0.717) is 31.3 Å². The summed E-state index contributed by atoms with van der Waals surface area (Å²) in [5.41, 5.74) is -0.201. The van der Waals surface area contributed by atoms with E-state index in [1.54, 1.807) is 26.2 Å². The number of amides is 1. The van der Waals surface area contributed by atoms with Gasteiger partial charge in [0.15, 0.2) is 11.6 Å². The minimum absolute atomic E-state index is 0.0698. The number of carbonyl (C=O) groups excluding carboxylic acids is 1. The van der Waals surface area contributed by atoms with E-state index in [2.05, 4.69) is 10.1 Å². The third-order valence-electron chi connectivity index (χ3n) is 4.53. The molecule has 1 aliphatic heterocycles. The number of piperidine rings is 1. The van der Waals surface area contributed by atoms with Crippen molar-refractivity contribution < 1.29 is 18.5 Å². The van der Waals surface area contributed by atoms with Gasteiger partial charge in [-0.15, -0.1) is 0 Å². The van der Waals surface area contributed by atoms with Gasteiger partial charge >= 0.3 is 0 Å². The van der Waals surface area contributed by atoms with Crippen molar-refractivity contribution >= 4 is 5.91 Å². The highest BCUT2D eigenvalue weighted by molar-refractivity contribution is 5.91. The number of hydrogen-bond acceptors (Lipinski definition) is 6. The maximum absolute atomic E-state index is 12.4. The number of rotatable bonds is 5. The number of aryl methyl sites for hydroxylation is 1. The fourth-order valence-electron chi connectivity index (χ4n) is 3.09. The van der Waals surface area contributed by atoms with Crippen LogP contribution in [0.4, 0.5) is 0 Å². The van der Waals surface area contributed by atoms with E-state index < -0.39 is 0 Å². The first kappa shape index (κ1) is 15.7. The lowest BCUT2D eigenvalue weighted by Gasteiger charge is -2.39. The maximum atomic E-state index is 12.4. The number of methoxy groups -OCH3 is 1. The van der Waals surface area contributed by atoms with Gasteiger partial charge in [-0.1, -0.05) is 5.16 Å². The molecule has 2 aromatic heterocycles. The largest absolute Gasteiger partial charge is 0.459 e. The molecule has 0 aromatic carbocycles. The molecular weight excluding hydrogens is 298 g/mol. The lowest BCUT2D eigenvalue weighted by atomic mass is 9.75. The summed E-state index contributed by atoms with van der Waals surface area (Å²) in [7, 11) is 1.69. The molecule has 2 aromatic rings. The van der Waals surface area contributed by atoms with Gasteiger partial charge in [-0.05, 0) is 31.4 Å². The van der Waals surface area contributed by atoms with Crippen molar-refractivity contribution in [3.63, 3.8) is 0 Å². The molecule has 0 saturated carbocycles. The first-order chi connectivity index (χ1) is 11.1. The van der Waals surface area contributed by atoms with Crippen LogP contribution >= 0.6 is 0 Å². The van der Waals surface area contributed by atoms with E-state index >= 15 is 0 Å². The minimum Gasteiger partial charge on any atom is -0.459 e. The number of ether oxygens (including phenoxy) is 1. The highest BCUT2D eigenvalue weighted by Crippen LogP contribution is 2.37. The number of hydrogen-bond donors (Lipinski definition) is 0. The molecule has 3 heterocycles. The molecule has 1 aliphatic rings. The molecule has 124 valence electrons. The molecule has 3 rings (SSSR count). The second-order valence-electron chi connectivity index (χ2n) is 5.93. The van der Waals surface area contributed by atoms with Crippen molar-refractivity contribution in [3.05, 3.63) is 35.9 Å². The van der Waals surface area contributed by atoms with Gasteiger partial charge in [0.1, 0.15) is 0 Å². The van der Waals surface area contributed by atoms with E-state index in [9.17, 15) is 4.79 Å². The van der Waals surface area contributed by atoms with Gasteiger partial charge in [-0.3, -0.25) is 4.79 Å². The molecule has 0 aliphatic carbocycles. The van der Waals surface area contributed by atoms with E-state index in [1.807, 2.05) is 4.90 Å². The van der Waals surface area contributed by atoms with Crippen LogP contribution in [0.1, 0.15) is 41.5 Å². The van der Waals surface area contributed by atoms with Crippen molar-refractivity contribution in [2.24, 2.45) is 0 Å². The number of carbonyl (C=O) groups is 1. The van der Waals surface area contributed by atoms with Crippen LogP contribution in [0.15, 0.2) is 27.3 Å². The zero-order valence-electron chi connectivity index (χ0n) is 13.4. The Bertz CT molecular complexity index is 642. The Labute approximate surface area is 134 Å². The Kier molecular flexibility index (Phi) is 4.47. The molecule has 1 fully saturated rings. The van der Waals surface area contributed by atoms with Gasteiger partial charge in [-0.25, -0.2) is 0 Å². The fraction of sp³-hybridized carbons (Fsp3) is 0.562.